The smallest absolute Gasteiger partial charge is 0.224 e. The summed E-state index contributed by atoms with van der Waals surface area (Å²) in [4.78, 5) is 8.87. The molecule has 0 bridgehead atoms. The fourth-order valence-electron chi connectivity index (χ4n) is 2.33. The summed E-state index contributed by atoms with van der Waals surface area (Å²) in [5.41, 5.74) is 2.16. The molecule has 2 N–H and O–H groups in total. The number of fused-ring (bicyclic) bond motifs is 1. The summed E-state index contributed by atoms with van der Waals surface area (Å²) in [6.45, 7) is 2.74. The molecule has 1 saturated carbocycles. The van der Waals surface area contributed by atoms with Gasteiger partial charge >= 0.3 is 0 Å². The SMILES string of the molecule is Clc1nc(NCC2CCC2)nc2c1CCNC2. The Balaban J connectivity index is 1.73. The monoisotopic (exact) mass is 252 g/mol. The van der Waals surface area contributed by atoms with Gasteiger partial charge in [0.25, 0.3) is 0 Å². The zero-order valence-electron chi connectivity index (χ0n) is 9.80. The van der Waals surface area contributed by atoms with Crippen molar-refractivity contribution in [2.75, 3.05) is 18.4 Å². The highest BCUT2D eigenvalue weighted by molar-refractivity contribution is 6.30. The molecule has 0 spiro atoms. The van der Waals surface area contributed by atoms with E-state index in [1.807, 2.05) is 0 Å². The number of nitrogens with zero attached hydrogens (tertiary/aromatic N) is 2. The van der Waals surface area contributed by atoms with Gasteiger partial charge in [0, 0.05) is 18.7 Å². The van der Waals surface area contributed by atoms with Crippen LogP contribution in [-0.4, -0.2) is 23.1 Å². The van der Waals surface area contributed by atoms with E-state index >= 15 is 0 Å². The highest BCUT2D eigenvalue weighted by Crippen LogP contribution is 2.27. The summed E-state index contributed by atoms with van der Waals surface area (Å²) < 4.78 is 0. The number of halogens is 1. The van der Waals surface area contributed by atoms with Gasteiger partial charge < -0.3 is 10.6 Å². The zero-order valence-corrected chi connectivity index (χ0v) is 10.6. The maximum atomic E-state index is 6.19. The van der Waals surface area contributed by atoms with E-state index in [0.29, 0.717) is 11.1 Å². The number of nitrogens with one attached hydrogen (secondary N) is 2. The average molecular weight is 253 g/mol. The first-order valence-electron chi connectivity index (χ1n) is 6.33. The lowest BCUT2D eigenvalue weighted by atomic mass is 9.85. The second-order valence-electron chi connectivity index (χ2n) is 4.87. The molecule has 3 rings (SSSR count). The van der Waals surface area contributed by atoms with Crippen LogP contribution in [0.5, 0.6) is 0 Å². The Hall–Kier alpha value is -0.870. The molecule has 1 fully saturated rings. The Morgan fingerprint density at radius 2 is 2.24 bits per heavy atom. The van der Waals surface area contributed by atoms with Gasteiger partial charge in [0.2, 0.25) is 5.95 Å². The first kappa shape index (κ1) is 11.2. The van der Waals surface area contributed by atoms with Crippen molar-refractivity contribution in [1.29, 1.82) is 0 Å². The molecule has 1 aromatic rings. The van der Waals surface area contributed by atoms with E-state index in [2.05, 4.69) is 20.6 Å². The van der Waals surface area contributed by atoms with Crippen LogP contribution in [0.2, 0.25) is 5.15 Å². The van der Waals surface area contributed by atoms with E-state index in [9.17, 15) is 0 Å². The molecule has 92 valence electrons. The molecule has 0 unspecified atom stereocenters. The summed E-state index contributed by atoms with van der Waals surface area (Å²) >= 11 is 6.19. The van der Waals surface area contributed by atoms with Gasteiger partial charge in [-0.05, 0) is 31.7 Å². The highest BCUT2D eigenvalue weighted by atomic mass is 35.5. The van der Waals surface area contributed by atoms with Crippen molar-refractivity contribution in [2.24, 2.45) is 5.92 Å². The largest absolute Gasteiger partial charge is 0.354 e. The highest BCUT2D eigenvalue weighted by Gasteiger charge is 2.19. The van der Waals surface area contributed by atoms with Crippen LogP contribution in [-0.2, 0) is 13.0 Å². The Morgan fingerprint density at radius 3 is 3.00 bits per heavy atom. The van der Waals surface area contributed by atoms with Crippen LogP contribution in [0.4, 0.5) is 5.95 Å². The van der Waals surface area contributed by atoms with Gasteiger partial charge in [0.1, 0.15) is 5.15 Å². The van der Waals surface area contributed by atoms with E-state index < -0.39 is 0 Å². The maximum Gasteiger partial charge on any atom is 0.224 e. The molecule has 17 heavy (non-hydrogen) atoms. The van der Waals surface area contributed by atoms with Gasteiger partial charge in [-0.15, -0.1) is 0 Å². The lowest BCUT2D eigenvalue weighted by Crippen LogP contribution is -2.27. The second kappa shape index (κ2) is 4.78. The van der Waals surface area contributed by atoms with Crippen molar-refractivity contribution < 1.29 is 0 Å². The van der Waals surface area contributed by atoms with Crippen LogP contribution in [0.3, 0.4) is 0 Å². The van der Waals surface area contributed by atoms with E-state index in [1.165, 1.54) is 19.3 Å². The van der Waals surface area contributed by atoms with Crippen LogP contribution in [0.1, 0.15) is 30.5 Å². The second-order valence-corrected chi connectivity index (χ2v) is 5.23. The van der Waals surface area contributed by atoms with Gasteiger partial charge in [0.15, 0.2) is 0 Å². The predicted octanol–water partition coefficient (Wildman–Crippen LogP) is 1.99. The van der Waals surface area contributed by atoms with E-state index in [4.69, 9.17) is 11.6 Å². The molecule has 2 heterocycles. The number of rotatable bonds is 3. The molecule has 0 amide bonds. The molecular weight excluding hydrogens is 236 g/mol. The third-order valence-corrected chi connectivity index (χ3v) is 3.97. The van der Waals surface area contributed by atoms with E-state index in [-0.39, 0.29) is 0 Å². The number of hydrogen-bond acceptors (Lipinski definition) is 4. The molecule has 0 saturated heterocycles. The Morgan fingerprint density at radius 1 is 1.35 bits per heavy atom. The minimum absolute atomic E-state index is 0.618. The lowest BCUT2D eigenvalue weighted by molar-refractivity contribution is 0.333. The van der Waals surface area contributed by atoms with Gasteiger partial charge in [-0.3, -0.25) is 0 Å². The Bertz CT molecular complexity index is 417. The van der Waals surface area contributed by atoms with Crippen LogP contribution in [0.15, 0.2) is 0 Å². The molecule has 1 aromatic heterocycles. The minimum atomic E-state index is 0.618. The fourth-order valence-corrected chi connectivity index (χ4v) is 2.61. The van der Waals surface area contributed by atoms with Crippen LogP contribution in [0.25, 0.3) is 0 Å². The van der Waals surface area contributed by atoms with Crippen molar-refractivity contribution in [3.05, 3.63) is 16.4 Å². The molecule has 1 aliphatic carbocycles. The van der Waals surface area contributed by atoms with Gasteiger partial charge in [-0.1, -0.05) is 18.0 Å². The van der Waals surface area contributed by atoms with Gasteiger partial charge in [0.05, 0.1) is 5.69 Å². The molecular formula is C12H17ClN4. The molecule has 0 radical (unpaired) electrons. The van der Waals surface area contributed by atoms with E-state index in [0.717, 1.165) is 43.2 Å². The van der Waals surface area contributed by atoms with Crippen molar-refractivity contribution in [1.82, 2.24) is 15.3 Å². The van der Waals surface area contributed by atoms with Gasteiger partial charge in [-0.25, -0.2) is 9.97 Å². The molecule has 0 aromatic carbocycles. The van der Waals surface area contributed by atoms with Crippen molar-refractivity contribution in [2.45, 2.75) is 32.2 Å². The Labute approximate surface area is 106 Å². The fraction of sp³-hybridized carbons (Fsp3) is 0.667. The third-order valence-electron chi connectivity index (χ3n) is 3.66. The van der Waals surface area contributed by atoms with E-state index in [1.54, 1.807) is 0 Å². The minimum Gasteiger partial charge on any atom is -0.354 e. The molecule has 2 aliphatic rings. The predicted molar refractivity (Wildman–Crippen MR) is 68.3 cm³/mol. The van der Waals surface area contributed by atoms with Crippen molar-refractivity contribution >= 4 is 17.5 Å². The zero-order chi connectivity index (χ0) is 11.7. The summed E-state index contributed by atoms with van der Waals surface area (Å²) in [7, 11) is 0. The van der Waals surface area contributed by atoms with Crippen LogP contribution in [0, 0.1) is 5.92 Å². The summed E-state index contributed by atoms with van der Waals surface area (Å²) in [5.74, 6) is 1.48. The topological polar surface area (TPSA) is 49.8 Å². The lowest BCUT2D eigenvalue weighted by Gasteiger charge is -2.25. The summed E-state index contributed by atoms with van der Waals surface area (Å²) in [6, 6.07) is 0. The molecule has 4 nitrogen and oxygen atoms in total. The van der Waals surface area contributed by atoms with Gasteiger partial charge in [-0.2, -0.15) is 0 Å². The summed E-state index contributed by atoms with van der Waals surface area (Å²) in [6.07, 6.45) is 4.94. The quantitative estimate of drug-likeness (QED) is 0.808. The average Bonchev–Trinajstić information content (AvgIpc) is 2.27. The number of aromatic nitrogens is 2. The summed E-state index contributed by atoms with van der Waals surface area (Å²) in [5, 5.41) is 7.23. The van der Waals surface area contributed by atoms with Crippen molar-refractivity contribution in [3.8, 4) is 0 Å². The normalized spacial score (nSPS) is 19.6. The Kier molecular flexibility index (Phi) is 3.16. The number of hydrogen-bond donors (Lipinski definition) is 2. The molecule has 1 aliphatic heterocycles. The first-order chi connectivity index (χ1) is 8.33. The number of anilines is 1. The standard InChI is InChI=1S/C12H17ClN4/c13-11-9-4-5-14-7-10(9)16-12(17-11)15-6-8-2-1-3-8/h8,14H,1-7H2,(H,15,16,17). The maximum absolute atomic E-state index is 6.19. The van der Waals surface area contributed by atoms with Crippen molar-refractivity contribution in [3.63, 3.8) is 0 Å². The molecule has 5 heteroatoms. The molecule has 0 atom stereocenters. The van der Waals surface area contributed by atoms with Crippen LogP contribution < -0.4 is 10.6 Å². The first-order valence-corrected chi connectivity index (χ1v) is 6.70. The third kappa shape index (κ3) is 2.38. The van der Waals surface area contributed by atoms with Crippen LogP contribution >= 0.6 is 11.6 Å².